The largest absolute Gasteiger partial charge is 0.331 e. The van der Waals surface area contributed by atoms with E-state index in [0.717, 1.165) is 5.56 Å². The van der Waals surface area contributed by atoms with Crippen LogP contribution in [-0.4, -0.2) is 10.7 Å². The van der Waals surface area contributed by atoms with Gasteiger partial charge in [0.05, 0.1) is 11.6 Å². The molecular formula is C12H11N3. The molecule has 0 bridgehead atoms. The average molecular weight is 197 g/mol. The van der Waals surface area contributed by atoms with Gasteiger partial charge in [0.25, 0.3) is 0 Å². The summed E-state index contributed by atoms with van der Waals surface area (Å²) in [5.74, 6) is 0.496. The molecule has 2 rings (SSSR count). The van der Waals surface area contributed by atoms with E-state index in [-0.39, 0.29) is 0 Å². The molecule has 3 heteroatoms. The molecule has 0 spiro atoms. The summed E-state index contributed by atoms with van der Waals surface area (Å²) < 4.78 is 0. The topological polar surface area (TPSA) is 50.9 Å². The van der Waals surface area contributed by atoms with Gasteiger partial charge in [-0.3, -0.25) is 5.41 Å². The summed E-state index contributed by atoms with van der Waals surface area (Å²) in [7, 11) is 0. The quantitative estimate of drug-likeness (QED) is 0.790. The van der Waals surface area contributed by atoms with E-state index in [2.05, 4.69) is 6.07 Å². The van der Waals surface area contributed by atoms with Crippen LogP contribution in [0.1, 0.15) is 12.0 Å². The van der Waals surface area contributed by atoms with Crippen LogP contribution in [0.5, 0.6) is 0 Å². The Kier molecular flexibility index (Phi) is 2.51. The van der Waals surface area contributed by atoms with Crippen molar-refractivity contribution in [2.45, 2.75) is 13.0 Å². The summed E-state index contributed by atoms with van der Waals surface area (Å²) in [5, 5.41) is 16.4. The Morgan fingerprint density at radius 2 is 2.07 bits per heavy atom. The van der Waals surface area contributed by atoms with Crippen LogP contribution >= 0.6 is 0 Å². The molecule has 0 atom stereocenters. The highest BCUT2D eigenvalue weighted by Gasteiger charge is 2.17. The van der Waals surface area contributed by atoms with Gasteiger partial charge in [-0.2, -0.15) is 5.26 Å². The summed E-state index contributed by atoms with van der Waals surface area (Å²) in [4.78, 5) is 1.81. The molecule has 0 unspecified atom stereocenters. The maximum absolute atomic E-state index is 8.73. The first-order valence-electron chi connectivity index (χ1n) is 4.78. The molecule has 1 aliphatic heterocycles. The van der Waals surface area contributed by atoms with Crippen LogP contribution in [0.25, 0.3) is 0 Å². The summed E-state index contributed by atoms with van der Waals surface area (Å²) in [6.07, 6.45) is 2.22. The fraction of sp³-hybridized carbons (Fsp3) is 0.167. The fourth-order valence-electron chi connectivity index (χ4n) is 1.58. The van der Waals surface area contributed by atoms with Gasteiger partial charge in [0.15, 0.2) is 0 Å². The van der Waals surface area contributed by atoms with Crippen molar-refractivity contribution < 1.29 is 0 Å². The van der Waals surface area contributed by atoms with Crippen LogP contribution in [0, 0.1) is 16.7 Å². The minimum absolute atomic E-state index is 0.462. The van der Waals surface area contributed by atoms with Crippen molar-refractivity contribution in [2.24, 2.45) is 0 Å². The minimum atomic E-state index is 0.462. The summed E-state index contributed by atoms with van der Waals surface area (Å²) in [6, 6.07) is 12.0. The van der Waals surface area contributed by atoms with Crippen LogP contribution in [0.15, 0.2) is 42.1 Å². The Morgan fingerprint density at radius 3 is 2.67 bits per heavy atom. The molecule has 3 nitrogen and oxygen atoms in total. The van der Waals surface area contributed by atoms with Gasteiger partial charge in [0.1, 0.15) is 5.84 Å². The number of nitriles is 1. The zero-order chi connectivity index (χ0) is 10.7. The van der Waals surface area contributed by atoms with Gasteiger partial charge in [-0.15, -0.1) is 0 Å². The van der Waals surface area contributed by atoms with E-state index < -0.39 is 0 Å². The van der Waals surface area contributed by atoms with Crippen LogP contribution < -0.4 is 0 Å². The van der Waals surface area contributed by atoms with E-state index in [4.69, 9.17) is 10.7 Å². The molecular weight excluding hydrogens is 186 g/mol. The Morgan fingerprint density at radius 1 is 1.33 bits per heavy atom. The molecule has 0 aliphatic carbocycles. The lowest BCUT2D eigenvalue weighted by Crippen LogP contribution is -2.19. The van der Waals surface area contributed by atoms with Crippen LogP contribution in [0.2, 0.25) is 0 Å². The van der Waals surface area contributed by atoms with Gasteiger partial charge in [0.2, 0.25) is 0 Å². The first kappa shape index (κ1) is 9.47. The van der Waals surface area contributed by atoms with Gasteiger partial charge in [-0.05, 0) is 5.56 Å². The maximum atomic E-state index is 8.73. The SMILES string of the molecule is N#CC1=CN(Cc2ccccc2)C(=N)C1. The van der Waals surface area contributed by atoms with Gasteiger partial charge in [0, 0.05) is 19.2 Å². The molecule has 1 aliphatic rings. The normalized spacial score (nSPS) is 15.0. The lowest BCUT2D eigenvalue weighted by atomic mass is 10.2. The molecule has 15 heavy (non-hydrogen) atoms. The van der Waals surface area contributed by atoms with Crippen LogP contribution in [0.3, 0.4) is 0 Å². The number of hydrogen-bond donors (Lipinski definition) is 1. The first-order valence-corrected chi connectivity index (χ1v) is 4.78. The number of amidine groups is 1. The van der Waals surface area contributed by atoms with Crippen molar-refractivity contribution in [3.05, 3.63) is 47.7 Å². The molecule has 0 amide bonds. The number of benzene rings is 1. The standard InChI is InChI=1S/C12H11N3/c13-7-11-6-12(14)15(9-11)8-10-4-2-1-3-5-10/h1-5,9,14H,6,8H2. The highest BCUT2D eigenvalue weighted by Crippen LogP contribution is 2.17. The number of hydrogen-bond acceptors (Lipinski definition) is 2. The molecule has 0 saturated carbocycles. The fourth-order valence-corrected chi connectivity index (χ4v) is 1.58. The minimum Gasteiger partial charge on any atom is -0.331 e. The van der Waals surface area contributed by atoms with E-state index in [1.54, 1.807) is 6.20 Å². The Bertz CT molecular complexity index is 440. The Labute approximate surface area is 88.8 Å². The van der Waals surface area contributed by atoms with Crippen LogP contribution in [0.4, 0.5) is 0 Å². The number of rotatable bonds is 2. The second-order valence-corrected chi connectivity index (χ2v) is 3.50. The molecule has 0 fully saturated rings. The smallest absolute Gasteiger partial charge is 0.105 e. The third-order valence-corrected chi connectivity index (χ3v) is 2.36. The zero-order valence-electron chi connectivity index (χ0n) is 8.27. The van der Waals surface area contributed by atoms with Crippen LogP contribution in [-0.2, 0) is 6.54 Å². The molecule has 1 N–H and O–H groups in total. The molecule has 0 aromatic heterocycles. The molecule has 1 heterocycles. The van der Waals surface area contributed by atoms with E-state index in [9.17, 15) is 0 Å². The van der Waals surface area contributed by atoms with Gasteiger partial charge in [-0.25, -0.2) is 0 Å². The monoisotopic (exact) mass is 197 g/mol. The highest BCUT2D eigenvalue weighted by molar-refractivity contribution is 5.86. The van der Waals surface area contributed by atoms with E-state index in [1.165, 1.54) is 0 Å². The Hall–Kier alpha value is -2.08. The average Bonchev–Trinajstić information content (AvgIpc) is 2.61. The molecule has 0 radical (unpaired) electrons. The lowest BCUT2D eigenvalue weighted by molar-refractivity contribution is 0.556. The van der Waals surface area contributed by atoms with Crippen molar-refractivity contribution >= 4 is 5.84 Å². The predicted molar refractivity (Wildman–Crippen MR) is 58.0 cm³/mol. The molecule has 74 valence electrons. The Balaban J connectivity index is 2.11. The molecule has 1 aromatic carbocycles. The number of nitrogens with zero attached hydrogens (tertiary/aromatic N) is 2. The van der Waals surface area contributed by atoms with Gasteiger partial charge in [-0.1, -0.05) is 30.3 Å². The zero-order valence-corrected chi connectivity index (χ0v) is 8.27. The van der Waals surface area contributed by atoms with Crippen molar-refractivity contribution in [3.63, 3.8) is 0 Å². The van der Waals surface area contributed by atoms with Crippen molar-refractivity contribution in [2.75, 3.05) is 0 Å². The summed E-state index contributed by atoms with van der Waals surface area (Å²) in [5.41, 5.74) is 1.81. The maximum Gasteiger partial charge on any atom is 0.105 e. The third-order valence-electron chi connectivity index (χ3n) is 2.36. The van der Waals surface area contributed by atoms with Crippen molar-refractivity contribution in [1.82, 2.24) is 4.90 Å². The van der Waals surface area contributed by atoms with Crippen molar-refractivity contribution in [1.29, 1.82) is 10.7 Å². The lowest BCUT2D eigenvalue weighted by Gasteiger charge is -2.15. The second kappa shape index (κ2) is 3.97. The van der Waals surface area contributed by atoms with E-state index >= 15 is 0 Å². The third kappa shape index (κ3) is 2.05. The van der Waals surface area contributed by atoms with Crippen molar-refractivity contribution in [3.8, 4) is 6.07 Å². The first-order chi connectivity index (χ1) is 7.29. The van der Waals surface area contributed by atoms with Gasteiger partial charge >= 0.3 is 0 Å². The predicted octanol–water partition coefficient (Wildman–Crippen LogP) is 2.28. The van der Waals surface area contributed by atoms with E-state index in [1.807, 2.05) is 35.2 Å². The number of nitrogens with one attached hydrogen (secondary N) is 1. The second-order valence-electron chi connectivity index (χ2n) is 3.50. The molecule has 1 aromatic rings. The summed E-state index contributed by atoms with van der Waals surface area (Å²) >= 11 is 0. The summed E-state index contributed by atoms with van der Waals surface area (Å²) in [6.45, 7) is 0.671. The molecule has 0 saturated heterocycles. The van der Waals surface area contributed by atoms with E-state index in [0.29, 0.717) is 24.4 Å². The highest BCUT2D eigenvalue weighted by atomic mass is 15.2. The van der Waals surface area contributed by atoms with Gasteiger partial charge < -0.3 is 4.90 Å².